The number of piperidine rings is 1. The predicted octanol–water partition coefficient (Wildman–Crippen LogP) is 1.74. The van der Waals surface area contributed by atoms with Gasteiger partial charge in [0.2, 0.25) is 0 Å². The lowest BCUT2D eigenvalue weighted by molar-refractivity contribution is -0.149. The molecule has 0 saturated carbocycles. The third-order valence-electron chi connectivity index (χ3n) is 5.14. The summed E-state index contributed by atoms with van der Waals surface area (Å²) in [6, 6.07) is 1.80. The number of amides is 1. The van der Waals surface area contributed by atoms with Crippen LogP contribution in [0.1, 0.15) is 29.6 Å². The van der Waals surface area contributed by atoms with Gasteiger partial charge in [0, 0.05) is 28.7 Å². The van der Waals surface area contributed by atoms with Gasteiger partial charge in [-0.05, 0) is 47.9 Å². The highest BCUT2D eigenvalue weighted by molar-refractivity contribution is 9.10. The van der Waals surface area contributed by atoms with Crippen LogP contribution >= 0.6 is 15.9 Å². The van der Waals surface area contributed by atoms with Gasteiger partial charge in [-0.3, -0.25) is 9.59 Å². The van der Waals surface area contributed by atoms with Crippen LogP contribution in [0.4, 0.5) is 0 Å². The van der Waals surface area contributed by atoms with Crippen molar-refractivity contribution >= 4 is 38.8 Å². The van der Waals surface area contributed by atoms with Gasteiger partial charge in [0.05, 0.1) is 17.5 Å². The molecule has 132 valence electrons. The number of pyridine rings is 1. The number of rotatable bonds is 3. The highest BCUT2D eigenvalue weighted by atomic mass is 79.9. The molecule has 7 nitrogen and oxygen atoms in total. The van der Waals surface area contributed by atoms with Gasteiger partial charge < -0.3 is 20.4 Å². The van der Waals surface area contributed by atoms with Crippen molar-refractivity contribution in [1.82, 2.24) is 20.6 Å². The number of fused-ring (bicyclic) bond motifs is 1. The summed E-state index contributed by atoms with van der Waals surface area (Å²) in [5, 5.41) is 6.91. The number of aromatic nitrogens is 2. The first-order valence-corrected chi connectivity index (χ1v) is 9.20. The molecule has 2 aliphatic rings. The number of halogens is 1. The molecule has 1 atom stereocenters. The number of H-pyrrole nitrogens is 1. The maximum Gasteiger partial charge on any atom is 0.312 e. The van der Waals surface area contributed by atoms with Crippen molar-refractivity contribution in [2.45, 2.75) is 25.4 Å². The molecule has 1 amide bonds. The summed E-state index contributed by atoms with van der Waals surface area (Å²) >= 11 is 3.45. The monoisotopic (exact) mass is 406 g/mol. The Balaban J connectivity index is 1.43. The molecule has 2 fully saturated rings. The molecule has 0 aromatic carbocycles. The van der Waals surface area contributed by atoms with Gasteiger partial charge in [0.25, 0.3) is 5.91 Å². The Labute approximate surface area is 153 Å². The van der Waals surface area contributed by atoms with E-state index in [9.17, 15) is 9.59 Å². The number of ether oxygens (including phenoxy) is 1. The van der Waals surface area contributed by atoms with E-state index >= 15 is 0 Å². The number of cyclic esters (lactones) is 1. The van der Waals surface area contributed by atoms with Gasteiger partial charge in [-0.25, -0.2) is 4.98 Å². The summed E-state index contributed by atoms with van der Waals surface area (Å²) in [5.41, 5.74) is 0.810. The molecule has 2 aromatic rings. The van der Waals surface area contributed by atoms with E-state index in [4.69, 9.17) is 4.74 Å². The second-order valence-electron chi connectivity index (χ2n) is 6.69. The molecule has 4 rings (SSSR count). The zero-order valence-electron chi connectivity index (χ0n) is 13.6. The minimum atomic E-state index is -0.367. The number of esters is 1. The van der Waals surface area contributed by atoms with Crippen LogP contribution in [-0.2, 0) is 9.53 Å². The highest BCUT2D eigenvalue weighted by Gasteiger charge is 2.49. The van der Waals surface area contributed by atoms with Crippen molar-refractivity contribution in [3.05, 3.63) is 28.5 Å². The van der Waals surface area contributed by atoms with Crippen LogP contribution in [0.2, 0.25) is 0 Å². The Morgan fingerprint density at radius 1 is 1.44 bits per heavy atom. The summed E-state index contributed by atoms with van der Waals surface area (Å²) in [4.78, 5) is 32.0. The fraction of sp³-hybridized carbons (Fsp3) is 0.471. The second-order valence-corrected chi connectivity index (χ2v) is 7.54. The molecule has 0 bridgehead atoms. The molecular weight excluding hydrogens is 388 g/mol. The van der Waals surface area contributed by atoms with Gasteiger partial charge in [0.15, 0.2) is 0 Å². The van der Waals surface area contributed by atoms with E-state index in [0.717, 1.165) is 35.8 Å². The Morgan fingerprint density at radius 3 is 3.04 bits per heavy atom. The number of hydrogen-bond acceptors (Lipinski definition) is 5. The predicted molar refractivity (Wildman–Crippen MR) is 95.2 cm³/mol. The van der Waals surface area contributed by atoms with Gasteiger partial charge in [0.1, 0.15) is 11.8 Å². The first-order valence-electron chi connectivity index (χ1n) is 8.41. The molecule has 25 heavy (non-hydrogen) atoms. The van der Waals surface area contributed by atoms with Crippen molar-refractivity contribution in [3.63, 3.8) is 0 Å². The summed E-state index contributed by atoms with van der Waals surface area (Å²) in [5.74, 6) is -0.324. The molecule has 8 heteroatoms. The summed E-state index contributed by atoms with van der Waals surface area (Å²) in [7, 11) is 0. The maximum absolute atomic E-state index is 12.5. The van der Waals surface area contributed by atoms with E-state index in [1.54, 1.807) is 18.5 Å². The summed E-state index contributed by atoms with van der Waals surface area (Å²) < 4.78 is 6.33. The molecule has 3 N–H and O–H groups in total. The van der Waals surface area contributed by atoms with Crippen molar-refractivity contribution in [3.8, 4) is 0 Å². The number of carbonyl (C=O) groups is 2. The number of nitrogens with zero attached hydrogens (tertiary/aromatic N) is 1. The van der Waals surface area contributed by atoms with Gasteiger partial charge >= 0.3 is 5.97 Å². The first-order chi connectivity index (χ1) is 12.1. The summed E-state index contributed by atoms with van der Waals surface area (Å²) in [6.45, 7) is 2.00. The lowest BCUT2D eigenvalue weighted by atomic mass is 9.76. The molecule has 1 unspecified atom stereocenters. The Bertz CT molecular complexity index is 828. The van der Waals surface area contributed by atoms with Crippen LogP contribution in [0.3, 0.4) is 0 Å². The van der Waals surface area contributed by atoms with Crippen LogP contribution < -0.4 is 10.6 Å². The lowest BCUT2D eigenvalue weighted by Gasteiger charge is -2.29. The van der Waals surface area contributed by atoms with Crippen LogP contribution in [0.25, 0.3) is 11.0 Å². The van der Waals surface area contributed by atoms with Crippen molar-refractivity contribution in [1.29, 1.82) is 0 Å². The molecular formula is C17H19BrN4O3. The van der Waals surface area contributed by atoms with Gasteiger partial charge in [-0.2, -0.15) is 0 Å². The third kappa shape index (κ3) is 2.93. The molecule has 2 saturated heterocycles. The average Bonchev–Trinajstić information content (AvgIpc) is 3.17. The van der Waals surface area contributed by atoms with Crippen molar-refractivity contribution < 1.29 is 14.3 Å². The van der Waals surface area contributed by atoms with Gasteiger partial charge in [-0.1, -0.05) is 0 Å². The van der Waals surface area contributed by atoms with E-state index in [0.29, 0.717) is 24.2 Å². The Kier molecular flexibility index (Phi) is 4.24. The fourth-order valence-corrected chi connectivity index (χ4v) is 4.28. The van der Waals surface area contributed by atoms with Crippen LogP contribution in [0.15, 0.2) is 22.9 Å². The van der Waals surface area contributed by atoms with Crippen LogP contribution in [0, 0.1) is 5.41 Å². The molecule has 4 heterocycles. The highest BCUT2D eigenvalue weighted by Crippen LogP contribution is 2.41. The first kappa shape index (κ1) is 16.5. The average molecular weight is 407 g/mol. The molecule has 1 spiro atoms. The minimum absolute atomic E-state index is 0.118. The minimum Gasteiger partial charge on any atom is -0.460 e. The second kappa shape index (κ2) is 6.42. The van der Waals surface area contributed by atoms with E-state index in [1.165, 1.54) is 0 Å². The van der Waals surface area contributed by atoms with Crippen LogP contribution in [0.5, 0.6) is 0 Å². The number of nitrogens with one attached hydrogen (secondary N) is 3. The third-order valence-corrected chi connectivity index (χ3v) is 5.80. The largest absolute Gasteiger partial charge is 0.460 e. The maximum atomic E-state index is 12.5. The van der Waals surface area contributed by atoms with E-state index < -0.39 is 0 Å². The topological polar surface area (TPSA) is 96.1 Å². The number of hydrogen-bond donors (Lipinski definition) is 3. The molecule has 0 radical (unpaired) electrons. The van der Waals surface area contributed by atoms with E-state index in [2.05, 4.69) is 36.5 Å². The Hall–Kier alpha value is -1.93. The standard InChI is InChI=1S/C17H19BrN4O3/c18-12-1-4-20-14-13(12)11(9-21-14)15(23)22-8-10-7-17(16(24)25-10)2-5-19-6-3-17/h1,4,9-10,19H,2-3,5-8H2,(H,20,21)(H,22,23). The zero-order chi connectivity index (χ0) is 17.4. The van der Waals surface area contributed by atoms with E-state index in [1.807, 2.05) is 0 Å². The lowest BCUT2D eigenvalue weighted by Crippen LogP contribution is -2.39. The molecule has 0 aliphatic carbocycles. The zero-order valence-corrected chi connectivity index (χ0v) is 15.2. The van der Waals surface area contributed by atoms with Crippen molar-refractivity contribution in [2.75, 3.05) is 19.6 Å². The van der Waals surface area contributed by atoms with Gasteiger partial charge in [-0.15, -0.1) is 0 Å². The quantitative estimate of drug-likeness (QED) is 0.674. The number of carbonyl (C=O) groups excluding carboxylic acids is 2. The van der Waals surface area contributed by atoms with E-state index in [-0.39, 0.29) is 23.4 Å². The molecule has 2 aliphatic heterocycles. The summed E-state index contributed by atoms with van der Waals surface area (Å²) in [6.07, 6.45) is 5.33. The fourth-order valence-electron chi connectivity index (χ4n) is 3.76. The van der Waals surface area contributed by atoms with Crippen LogP contribution in [-0.4, -0.2) is 47.6 Å². The number of aromatic amines is 1. The SMILES string of the molecule is O=C(NCC1CC2(CCNCC2)C(=O)O1)c1c[nH]c2nccc(Br)c12. The molecule has 2 aromatic heterocycles. The normalized spacial score (nSPS) is 22.3. The van der Waals surface area contributed by atoms with Crippen molar-refractivity contribution in [2.24, 2.45) is 5.41 Å². The smallest absolute Gasteiger partial charge is 0.312 e. The Morgan fingerprint density at radius 2 is 2.24 bits per heavy atom.